The summed E-state index contributed by atoms with van der Waals surface area (Å²) in [5, 5.41) is 9.82. The van der Waals surface area contributed by atoms with E-state index in [0.717, 1.165) is 0 Å². The first kappa shape index (κ1) is 11.6. The van der Waals surface area contributed by atoms with Crippen molar-refractivity contribution in [2.45, 2.75) is 26.4 Å². The van der Waals surface area contributed by atoms with E-state index in [1.54, 1.807) is 6.92 Å². The largest absolute Gasteiger partial charge is 0.407 e. The molecule has 0 aliphatic heterocycles. The zero-order valence-electron chi connectivity index (χ0n) is 9.32. The zero-order chi connectivity index (χ0) is 11.3. The van der Waals surface area contributed by atoms with Gasteiger partial charge in [0.15, 0.2) is 0 Å². The third kappa shape index (κ3) is 3.65. The molecule has 1 atom stereocenters. The Morgan fingerprint density at radius 2 is 1.87 bits per heavy atom. The molecular weight excluding hydrogens is 188 g/mol. The van der Waals surface area contributed by atoms with Crippen molar-refractivity contribution in [1.29, 1.82) is 0 Å². The Labute approximate surface area is 90.9 Å². The quantitative estimate of drug-likeness (QED) is 0.750. The Hall–Kier alpha value is -1.46. The van der Waals surface area contributed by atoms with Gasteiger partial charge in [0.25, 0.3) is 0 Å². The summed E-state index contributed by atoms with van der Waals surface area (Å²) in [6.45, 7) is 5.51. The van der Waals surface area contributed by atoms with E-state index in [4.69, 9.17) is 4.74 Å². The van der Waals surface area contributed by atoms with Crippen LogP contribution in [0.15, 0.2) is 30.3 Å². The van der Waals surface area contributed by atoms with Gasteiger partial charge in [0, 0.05) is 0 Å². The number of hydrogen-bond acceptors (Lipinski definition) is 2. The van der Waals surface area contributed by atoms with Crippen LogP contribution in [0.2, 0.25) is 0 Å². The maximum absolute atomic E-state index is 9.82. The minimum atomic E-state index is -1.01. The van der Waals surface area contributed by atoms with Gasteiger partial charge in [-0.25, -0.2) is 0 Å². The van der Waals surface area contributed by atoms with E-state index in [1.807, 2.05) is 44.2 Å². The maximum atomic E-state index is 9.82. The van der Waals surface area contributed by atoms with Gasteiger partial charge in [0.2, 0.25) is 0 Å². The third-order valence-corrected chi connectivity index (χ3v) is 2.34. The van der Waals surface area contributed by atoms with E-state index >= 15 is 0 Å². The van der Waals surface area contributed by atoms with E-state index in [2.05, 4.69) is 12.0 Å². The molecule has 0 heterocycles. The molecule has 1 N–H and O–H groups in total. The van der Waals surface area contributed by atoms with Crippen molar-refractivity contribution in [1.82, 2.24) is 0 Å². The normalized spacial score (nSPS) is 13.9. The van der Waals surface area contributed by atoms with Crippen LogP contribution in [0, 0.1) is 17.9 Å². The Balaban J connectivity index is 2.61. The highest BCUT2D eigenvalue weighted by atomic mass is 16.5. The highest BCUT2D eigenvalue weighted by Gasteiger charge is 2.21. The second-order valence-electron chi connectivity index (χ2n) is 3.94. The minimum absolute atomic E-state index is 0.0735. The van der Waals surface area contributed by atoms with Crippen LogP contribution in [0.4, 0.5) is 0 Å². The third-order valence-electron chi connectivity index (χ3n) is 2.34. The summed E-state index contributed by atoms with van der Waals surface area (Å²) in [6.07, 6.45) is 2.52. The van der Waals surface area contributed by atoms with Gasteiger partial charge in [-0.1, -0.05) is 32.0 Å². The number of aliphatic hydroxyl groups is 1. The van der Waals surface area contributed by atoms with Gasteiger partial charge in [-0.05, 0) is 30.9 Å². The molecule has 0 amide bonds. The smallest absolute Gasteiger partial charge is 0.140 e. The lowest BCUT2D eigenvalue weighted by atomic mass is 9.94. The van der Waals surface area contributed by atoms with Gasteiger partial charge in [-0.3, -0.25) is 0 Å². The fourth-order valence-electron chi connectivity index (χ4n) is 0.821. The average Bonchev–Trinajstić information content (AvgIpc) is 2.19. The molecule has 0 aliphatic carbocycles. The van der Waals surface area contributed by atoms with E-state index in [9.17, 15) is 5.11 Å². The van der Waals surface area contributed by atoms with E-state index < -0.39 is 5.60 Å². The lowest BCUT2D eigenvalue weighted by molar-refractivity contribution is 0.0720. The molecule has 15 heavy (non-hydrogen) atoms. The van der Waals surface area contributed by atoms with E-state index in [0.29, 0.717) is 5.75 Å². The summed E-state index contributed by atoms with van der Waals surface area (Å²) < 4.78 is 5.17. The lowest BCUT2D eigenvalue weighted by Gasteiger charge is -2.19. The number of benzene rings is 1. The second kappa shape index (κ2) is 4.86. The Morgan fingerprint density at radius 1 is 1.27 bits per heavy atom. The number of rotatable bonds is 2. The van der Waals surface area contributed by atoms with Crippen molar-refractivity contribution in [2.75, 3.05) is 0 Å². The lowest BCUT2D eigenvalue weighted by Crippen LogP contribution is -2.28. The molecule has 2 nitrogen and oxygen atoms in total. The molecule has 1 aromatic rings. The van der Waals surface area contributed by atoms with Gasteiger partial charge < -0.3 is 9.84 Å². The molecule has 0 aliphatic rings. The summed E-state index contributed by atoms with van der Waals surface area (Å²) >= 11 is 0. The fraction of sp³-hybridized carbons (Fsp3) is 0.385. The molecule has 0 spiro atoms. The van der Waals surface area contributed by atoms with Crippen LogP contribution in [0.25, 0.3) is 0 Å². The van der Waals surface area contributed by atoms with E-state index in [-0.39, 0.29) is 5.92 Å². The minimum Gasteiger partial charge on any atom is -0.407 e. The van der Waals surface area contributed by atoms with Crippen LogP contribution < -0.4 is 4.74 Å². The van der Waals surface area contributed by atoms with Crippen molar-refractivity contribution >= 4 is 0 Å². The van der Waals surface area contributed by atoms with Crippen LogP contribution >= 0.6 is 0 Å². The Kier molecular flexibility index (Phi) is 3.76. The summed E-state index contributed by atoms with van der Waals surface area (Å²) in [6, 6.07) is 9.29. The number of para-hydroxylation sites is 1. The Bertz CT molecular complexity index is 355. The molecule has 0 bridgehead atoms. The molecule has 1 rings (SSSR count). The zero-order valence-corrected chi connectivity index (χ0v) is 9.32. The van der Waals surface area contributed by atoms with Gasteiger partial charge in [-0.2, -0.15) is 0 Å². The highest BCUT2D eigenvalue weighted by molar-refractivity contribution is 5.23. The molecule has 80 valence electrons. The van der Waals surface area contributed by atoms with Crippen LogP contribution in [0.1, 0.15) is 20.8 Å². The van der Waals surface area contributed by atoms with Gasteiger partial charge in [-0.15, -0.1) is 0 Å². The van der Waals surface area contributed by atoms with Crippen molar-refractivity contribution in [2.24, 2.45) is 5.92 Å². The molecule has 2 heteroatoms. The first-order valence-corrected chi connectivity index (χ1v) is 4.99. The molecule has 0 radical (unpaired) electrons. The van der Waals surface area contributed by atoms with Crippen LogP contribution in [0.5, 0.6) is 5.75 Å². The molecule has 0 aromatic heterocycles. The summed E-state index contributed by atoms with van der Waals surface area (Å²) in [5.74, 6) is 3.45. The molecule has 0 saturated carbocycles. The SMILES string of the molecule is CC(C)C(C)(O)C#COc1ccccc1. The first-order valence-electron chi connectivity index (χ1n) is 4.99. The van der Waals surface area contributed by atoms with Gasteiger partial charge in [0.1, 0.15) is 17.5 Å². The fourth-order valence-corrected chi connectivity index (χ4v) is 0.821. The molecule has 1 aromatic carbocycles. The second-order valence-corrected chi connectivity index (χ2v) is 3.94. The maximum Gasteiger partial charge on any atom is 0.140 e. The molecule has 0 saturated heterocycles. The molecular formula is C13H16O2. The summed E-state index contributed by atoms with van der Waals surface area (Å²) in [5.41, 5.74) is -1.01. The van der Waals surface area contributed by atoms with Crippen LogP contribution in [-0.4, -0.2) is 10.7 Å². The van der Waals surface area contributed by atoms with Crippen LogP contribution in [0.3, 0.4) is 0 Å². The van der Waals surface area contributed by atoms with Gasteiger partial charge in [0.05, 0.1) is 0 Å². The van der Waals surface area contributed by atoms with Crippen molar-refractivity contribution in [3.05, 3.63) is 30.3 Å². The summed E-state index contributed by atoms with van der Waals surface area (Å²) in [7, 11) is 0. The standard InChI is InChI=1S/C13H16O2/c1-11(2)13(3,14)9-10-15-12-7-5-4-6-8-12/h4-8,11,14H,1-3H3. The monoisotopic (exact) mass is 204 g/mol. The molecule has 0 fully saturated rings. The Morgan fingerprint density at radius 3 is 2.40 bits per heavy atom. The number of hydrogen-bond donors (Lipinski definition) is 1. The van der Waals surface area contributed by atoms with Crippen molar-refractivity contribution < 1.29 is 9.84 Å². The van der Waals surface area contributed by atoms with Crippen molar-refractivity contribution in [3.8, 4) is 17.8 Å². The number of ether oxygens (including phenoxy) is 1. The predicted octanol–water partition coefficient (Wildman–Crippen LogP) is 2.43. The topological polar surface area (TPSA) is 29.5 Å². The average molecular weight is 204 g/mol. The highest BCUT2D eigenvalue weighted by Crippen LogP contribution is 2.14. The molecule has 1 unspecified atom stereocenters. The predicted molar refractivity (Wildman–Crippen MR) is 60.3 cm³/mol. The van der Waals surface area contributed by atoms with Crippen LogP contribution in [-0.2, 0) is 0 Å². The first-order chi connectivity index (χ1) is 7.02. The van der Waals surface area contributed by atoms with Gasteiger partial charge >= 0.3 is 0 Å². The van der Waals surface area contributed by atoms with Crippen molar-refractivity contribution in [3.63, 3.8) is 0 Å². The van der Waals surface area contributed by atoms with E-state index in [1.165, 1.54) is 0 Å². The summed E-state index contributed by atoms with van der Waals surface area (Å²) in [4.78, 5) is 0.